The Hall–Kier alpha value is -1.67. The molecule has 1 unspecified atom stereocenters. The largest absolute Gasteiger partial charge is 0.352 e. The number of nitrogens with one attached hydrogen (secondary N) is 1. The summed E-state index contributed by atoms with van der Waals surface area (Å²) < 4.78 is 22.6. The molecule has 21 heavy (non-hydrogen) atoms. The maximum absolute atomic E-state index is 11.9. The average Bonchev–Trinajstić information content (AvgIpc) is 2.42. The number of amides is 1. The van der Waals surface area contributed by atoms with E-state index in [0.717, 1.165) is 24.6 Å². The van der Waals surface area contributed by atoms with Crippen LogP contribution in [0.5, 0.6) is 0 Å². The zero-order valence-electron chi connectivity index (χ0n) is 11.5. The summed E-state index contributed by atoms with van der Waals surface area (Å²) in [6, 6.07) is 2.84. The van der Waals surface area contributed by atoms with Gasteiger partial charge in [-0.2, -0.15) is 0 Å². The molecule has 1 N–H and O–H groups in total. The standard InChI is InChI=1S/C12H15ClN2O5S/c1-3-8(2)7-14-12(16)9-4-10(15(17)18)6-11(5-9)21(13,19)20/h4-6,8H,3,7H2,1-2H3,(H,14,16). The van der Waals surface area contributed by atoms with E-state index in [1.807, 2.05) is 13.8 Å². The van der Waals surface area contributed by atoms with Crippen LogP contribution in [0.4, 0.5) is 5.69 Å². The van der Waals surface area contributed by atoms with Gasteiger partial charge in [0.2, 0.25) is 0 Å². The molecule has 1 aromatic rings. The molecular formula is C12H15ClN2O5S. The van der Waals surface area contributed by atoms with Gasteiger partial charge in [0.05, 0.1) is 9.82 Å². The van der Waals surface area contributed by atoms with Crippen molar-refractivity contribution in [3.8, 4) is 0 Å². The number of nitrogens with zero attached hydrogens (tertiary/aromatic N) is 1. The van der Waals surface area contributed by atoms with E-state index in [-0.39, 0.29) is 11.5 Å². The predicted molar refractivity (Wildman–Crippen MR) is 77.9 cm³/mol. The maximum atomic E-state index is 11.9. The zero-order valence-corrected chi connectivity index (χ0v) is 13.1. The van der Waals surface area contributed by atoms with Gasteiger partial charge in [-0.3, -0.25) is 14.9 Å². The number of nitro groups is 1. The summed E-state index contributed by atoms with van der Waals surface area (Å²) in [6.45, 7) is 4.28. The number of benzene rings is 1. The van der Waals surface area contributed by atoms with Crippen molar-refractivity contribution in [1.29, 1.82) is 0 Å². The molecule has 0 saturated carbocycles. The molecule has 0 heterocycles. The molecule has 116 valence electrons. The van der Waals surface area contributed by atoms with Gasteiger partial charge in [0, 0.05) is 34.9 Å². The smallest absolute Gasteiger partial charge is 0.271 e. The summed E-state index contributed by atoms with van der Waals surface area (Å²) in [6.07, 6.45) is 0.858. The van der Waals surface area contributed by atoms with Crippen molar-refractivity contribution in [2.24, 2.45) is 5.92 Å². The maximum Gasteiger partial charge on any atom is 0.271 e. The van der Waals surface area contributed by atoms with E-state index in [1.54, 1.807) is 0 Å². The third-order valence-electron chi connectivity index (χ3n) is 2.95. The van der Waals surface area contributed by atoms with Gasteiger partial charge in [0.1, 0.15) is 0 Å². The summed E-state index contributed by atoms with van der Waals surface area (Å²) in [4.78, 5) is 21.5. The Labute approximate surface area is 126 Å². The second kappa shape index (κ2) is 6.86. The highest BCUT2D eigenvalue weighted by atomic mass is 35.7. The number of non-ortho nitro benzene ring substituents is 1. The molecule has 0 aliphatic rings. The Bertz CT molecular complexity index is 660. The Kier molecular flexibility index (Phi) is 5.68. The van der Waals surface area contributed by atoms with E-state index >= 15 is 0 Å². The van der Waals surface area contributed by atoms with Crippen molar-refractivity contribution < 1.29 is 18.1 Å². The minimum absolute atomic E-state index is 0.119. The van der Waals surface area contributed by atoms with Gasteiger partial charge >= 0.3 is 0 Å². The number of halogens is 1. The monoisotopic (exact) mass is 334 g/mol. The molecule has 0 aromatic heterocycles. The fourth-order valence-electron chi connectivity index (χ4n) is 1.47. The van der Waals surface area contributed by atoms with E-state index in [0.29, 0.717) is 6.54 Å². The van der Waals surface area contributed by atoms with Gasteiger partial charge < -0.3 is 5.32 Å². The average molecular weight is 335 g/mol. The van der Waals surface area contributed by atoms with Crippen LogP contribution in [0, 0.1) is 16.0 Å². The molecule has 1 amide bonds. The number of carbonyl (C=O) groups excluding carboxylic acids is 1. The van der Waals surface area contributed by atoms with Crippen LogP contribution in [0.25, 0.3) is 0 Å². The molecular weight excluding hydrogens is 320 g/mol. The first kappa shape index (κ1) is 17.4. The second-order valence-corrected chi connectivity index (χ2v) is 7.20. The molecule has 0 aliphatic heterocycles. The lowest BCUT2D eigenvalue weighted by Gasteiger charge is -2.10. The van der Waals surface area contributed by atoms with Gasteiger partial charge in [-0.1, -0.05) is 20.3 Å². The lowest BCUT2D eigenvalue weighted by molar-refractivity contribution is -0.385. The van der Waals surface area contributed by atoms with Gasteiger partial charge in [-0.05, 0) is 12.0 Å². The molecule has 0 spiro atoms. The number of rotatable bonds is 6. The molecule has 0 bridgehead atoms. The normalized spacial score (nSPS) is 12.7. The van der Waals surface area contributed by atoms with E-state index in [9.17, 15) is 23.3 Å². The number of hydrogen-bond donors (Lipinski definition) is 1. The van der Waals surface area contributed by atoms with Crippen LogP contribution >= 0.6 is 10.7 Å². The van der Waals surface area contributed by atoms with Crippen molar-refractivity contribution in [3.63, 3.8) is 0 Å². The second-order valence-electron chi connectivity index (χ2n) is 4.63. The number of nitro benzene ring substituents is 1. The third kappa shape index (κ3) is 4.98. The van der Waals surface area contributed by atoms with E-state index < -0.39 is 30.5 Å². The van der Waals surface area contributed by atoms with Gasteiger partial charge in [0.15, 0.2) is 0 Å². The van der Waals surface area contributed by atoms with Gasteiger partial charge in [0.25, 0.3) is 20.6 Å². The fraction of sp³-hybridized carbons (Fsp3) is 0.417. The Morgan fingerprint density at radius 3 is 2.52 bits per heavy atom. The van der Waals surface area contributed by atoms with Crippen LogP contribution in [-0.2, 0) is 9.05 Å². The zero-order chi connectivity index (χ0) is 16.2. The quantitative estimate of drug-likeness (QED) is 0.488. The van der Waals surface area contributed by atoms with Crippen LogP contribution in [0.1, 0.15) is 30.6 Å². The minimum atomic E-state index is -4.16. The van der Waals surface area contributed by atoms with Crippen molar-refractivity contribution in [3.05, 3.63) is 33.9 Å². The third-order valence-corrected chi connectivity index (χ3v) is 4.29. The lowest BCUT2D eigenvalue weighted by atomic mass is 10.1. The molecule has 7 nitrogen and oxygen atoms in total. The minimum Gasteiger partial charge on any atom is -0.352 e. The highest BCUT2D eigenvalue weighted by molar-refractivity contribution is 8.13. The highest BCUT2D eigenvalue weighted by Crippen LogP contribution is 2.23. The molecule has 0 saturated heterocycles. The van der Waals surface area contributed by atoms with Crippen LogP contribution in [-0.4, -0.2) is 25.8 Å². The SMILES string of the molecule is CCC(C)CNC(=O)c1cc([N+](=O)[O-])cc(S(=O)(=O)Cl)c1. The highest BCUT2D eigenvalue weighted by Gasteiger charge is 2.20. The summed E-state index contributed by atoms with van der Waals surface area (Å²) >= 11 is 0. The first-order valence-corrected chi connectivity index (χ1v) is 8.48. The molecule has 1 atom stereocenters. The van der Waals surface area contributed by atoms with Crippen LogP contribution in [0.15, 0.2) is 23.1 Å². The summed E-state index contributed by atoms with van der Waals surface area (Å²) in [5.41, 5.74) is -0.628. The molecule has 0 fully saturated rings. The number of hydrogen-bond acceptors (Lipinski definition) is 5. The van der Waals surface area contributed by atoms with E-state index in [1.165, 1.54) is 0 Å². The first-order chi connectivity index (χ1) is 9.65. The Balaban J connectivity index is 3.14. The summed E-state index contributed by atoms with van der Waals surface area (Å²) in [7, 11) is 1.02. The van der Waals surface area contributed by atoms with Crippen molar-refractivity contribution in [2.75, 3.05) is 6.54 Å². The Morgan fingerprint density at radius 2 is 2.05 bits per heavy atom. The molecule has 1 aromatic carbocycles. The lowest BCUT2D eigenvalue weighted by Crippen LogP contribution is -2.28. The predicted octanol–water partition coefficient (Wildman–Crippen LogP) is 2.30. The molecule has 1 rings (SSSR count). The van der Waals surface area contributed by atoms with Crippen molar-refractivity contribution in [2.45, 2.75) is 25.2 Å². The van der Waals surface area contributed by atoms with E-state index in [4.69, 9.17) is 10.7 Å². The van der Waals surface area contributed by atoms with Crippen molar-refractivity contribution in [1.82, 2.24) is 5.32 Å². The summed E-state index contributed by atoms with van der Waals surface area (Å²) in [5, 5.41) is 13.4. The number of carbonyl (C=O) groups is 1. The van der Waals surface area contributed by atoms with Gasteiger partial charge in [-0.25, -0.2) is 8.42 Å². The fourth-order valence-corrected chi connectivity index (χ4v) is 2.27. The van der Waals surface area contributed by atoms with Crippen LogP contribution in [0.3, 0.4) is 0 Å². The summed E-state index contributed by atoms with van der Waals surface area (Å²) in [5.74, 6) is -0.343. The molecule has 0 aliphatic carbocycles. The van der Waals surface area contributed by atoms with Crippen LogP contribution in [0.2, 0.25) is 0 Å². The topological polar surface area (TPSA) is 106 Å². The molecule has 9 heteroatoms. The van der Waals surface area contributed by atoms with E-state index in [2.05, 4.69) is 5.32 Å². The van der Waals surface area contributed by atoms with Crippen molar-refractivity contribution >= 4 is 31.3 Å². The Morgan fingerprint density at radius 1 is 1.43 bits per heavy atom. The van der Waals surface area contributed by atoms with Gasteiger partial charge in [-0.15, -0.1) is 0 Å². The molecule has 0 radical (unpaired) electrons. The first-order valence-electron chi connectivity index (χ1n) is 6.17. The van der Waals surface area contributed by atoms with Crippen LogP contribution < -0.4 is 5.32 Å².